The van der Waals surface area contributed by atoms with E-state index in [0.717, 1.165) is 17.2 Å². The average Bonchev–Trinajstić information content (AvgIpc) is 2.76. The molecular formula is C22H15Cl2F4N3O3. The Labute approximate surface area is 200 Å². The fraction of sp³-hybridized carbons (Fsp3) is 0.136. The van der Waals surface area contributed by atoms with Gasteiger partial charge < -0.3 is 15.4 Å². The summed E-state index contributed by atoms with van der Waals surface area (Å²) in [6.45, 7) is -1.66. The van der Waals surface area contributed by atoms with Gasteiger partial charge in [0.25, 0.3) is 11.8 Å². The van der Waals surface area contributed by atoms with Crippen LogP contribution in [0.15, 0.2) is 48.7 Å². The summed E-state index contributed by atoms with van der Waals surface area (Å²) >= 11 is 12.1. The normalized spacial score (nSPS) is 11.3. The van der Waals surface area contributed by atoms with E-state index in [2.05, 4.69) is 4.98 Å². The summed E-state index contributed by atoms with van der Waals surface area (Å²) in [5.74, 6) is -3.01. The molecule has 2 amide bonds. The van der Waals surface area contributed by atoms with Crippen molar-refractivity contribution in [2.75, 3.05) is 18.6 Å². The van der Waals surface area contributed by atoms with Gasteiger partial charge in [0, 0.05) is 18.8 Å². The molecule has 0 spiro atoms. The third-order valence-electron chi connectivity index (χ3n) is 4.61. The van der Waals surface area contributed by atoms with Crippen molar-refractivity contribution in [3.63, 3.8) is 0 Å². The second-order valence-electron chi connectivity index (χ2n) is 6.96. The SMILES string of the molecule is CN(C(=O)c1c(F)cccc1Cl)c1ccc(-c2cc(C(N)=O)ncc2Cl)cc1OCC(F)(F)F. The second-order valence-corrected chi connectivity index (χ2v) is 7.78. The lowest BCUT2D eigenvalue weighted by Gasteiger charge is -2.23. The molecule has 0 saturated carbocycles. The maximum absolute atomic E-state index is 14.2. The highest BCUT2D eigenvalue weighted by Gasteiger charge is 2.30. The highest BCUT2D eigenvalue weighted by molar-refractivity contribution is 6.34. The number of primary amides is 1. The molecular weight excluding hydrogens is 501 g/mol. The Bertz CT molecular complexity index is 1250. The summed E-state index contributed by atoms with van der Waals surface area (Å²) < 4.78 is 57.8. The van der Waals surface area contributed by atoms with Gasteiger partial charge in [-0.05, 0) is 35.9 Å². The minimum atomic E-state index is -4.68. The van der Waals surface area contributed by atoms with Crippen molar-refractivity contribution in [3.05, 3.63) is 75.8 Å². The van der Waals surface area contributed by atoms with E-state index in [-0.39, 0.29) is 38.3 Å². The summed E-state index contributed by atoms with van der Waals surface area (Å²) in [7, 11) is 1.23. The predicted molar refractivity (Wildman–Crippen MR) is 119 cm³/mol. The van der Waals surface area contributed by atoms with Crippen molar-refractivity contribution in [2.45, 2.75) is 6.18 Å². The van der Waals surface area contributed by atoms with Gasteiger partial charge in [-0.2, -0.15) is 13.2 Å². The first-order valence-corrected chi connectivity index (χ1v) is 10.2. The van der Waals surface area contributed by atoms with E-state index in [1.807, 2.05) is 0 Å². The van der Waals surface area contributed by atoms with Crippen LogP contribution in [0.3, 0.4) is 0 Å². The zero-order valence-electron chi connectivity index (χ0n) is 17.3. The topological polar surface area (TPSA) is 85.5 Å². The molecule has 2 aromatic carbocycles. The average molecular weight is 516 g/mol. The van der Waals surface area contributed by atoms with Gasteiger partial charge in [0.15, 0.2) is 6.61 Å². The summed E-state index contributed by atoms with van der Waals surface area (Å²) in [6.07, 6.45) is -3.52. The number of benzene rings is 2. The van der Waals surface area contributed by atoms with Gasteiger partial charge in [0.2, 0.25) is 0 Å². The Kier molecular flexibility index (Phi) is 7.32. The third-order valence-corrected chi connectivity index (χ3v) is 5.23. The highest BCUT2D eigenvalue weighted by atomic mass is 35.5. The lowest BCUT2D eigenvalue weighted by atomic mass is 10.0. The van der Waals surface area contributed by atoms with Gasteiger partial charge in [0.1, 0.15) is 17.3 Å². The van der Waals surface area contributed by atoms with Crippen molar-refractivity contribution >= 4 is 40.7 Å². The van der Waals surface area contributed by atoms with E-state index in [4.69, 9.17) is 33.7 Å². The maximum atomic E-state index is 14.2. The standard InChI is InChI=1S/C22H15Cl2F4N3O3/c1-31(21(33)19-13(23)3-2-4-15(19)25)17-6-5-11(7-18(17)34-10-22(26,27)28)12-8-16(20(29)32)30-9-14(12)24/h2-9H,10H2,1H3,(H2,29,32). The minimum Gasteiger partial charge on any atom is -0.482 e. The van der Waals surface area contributed by atoms with Gasteiger partial charge in [-0.3, -0.25) is 9.59 Å². The third kappa shape index (κ3) is 5.57. The Morgan fingerprint density at radius 1 is 1.12 bits per heavy atom. The molecule has 1 heterocycles. The lowest BCUT2D eigenvalue weighted by Crippen LogP contribution is -2.28. The number of pyridine rings is 1. The monoisotopic (exact) mass is 515 g/mol. The number of ether oxygens (including phenoxy) is 1. The molecule has 0 radical (unpaired) electrons. The number of aromatic nitrogens is 1. The molecule has 0 bridgehead atoms. The van der Waals surface area contributed by atoms with Crippen molar-refractivity contribution in [1.29, 1.82) is 0 Å². The maximum Gasteiger partial charge on any atom is 0.422 e. The summed E-state index contributed by atoms with van der Waals surface area (Å²) in [4.78, 5) is 29.1. The smallest absolute Gasteiger partial charge is 0.422 e. The van der Waals surface area contributed by atoms with E-state index >= 15 is 0 Å². The van der Waals surface area contributed by atoms with Gasteiger partial charge in [-0.1, -0.05) is 35.3 Å². The van der Waals surface area contributed by atoms with Crippen molar-refractivity contribution in [3.8, 4) is 16.9 Å². The van der Waals surface area contributed by atoms with E-state index in [1.54, 1.807) is 0 Å². The Hall–Kier alpha value is -3.37. The first kappa shape index (κ1) is 25.3. The fourth-order valence-electron chi connectivity index (χ4n) is 3.01. The Morgan fingerprint density at radius 2 is 1.82 bits per heavy atom. The second kappa shape index (κ2) is 9.86. The largest absolute Gasteiger partial charge is 0.482 e. The quantitative estimate of drug-likeness (QED) is 0.438. The molecule has 6 nitrogen and oxygen atoms in total. The van der Waals surface area contributed by atoms with E-state index in [9.17, 15) is 27.2 Å². The number of rotatable bonds is 6. The number of hydrogen-bond donors (Lipinski definition) is 1. The number of nitrogens with zero attached hydrogens (tertiary/aromatic N) is 2. The van der Waals surface area contributed by atoms with Crippen LogP contribution in [0.5, 0.6) is 5.75 Å². The number of nitrogens with two attached hydrogens (primary N) is 1. The van der Waals surface area contributed by atoms with E-state index in [0.29, 0.717) is 0 Å². The van der Waals surface area contributed by atoms with Crippen molar-refractivity contribution in [2.24, 2.45) is 5.73 Å². The number of carbonyl (C=O) groups excluding carboxylic acids is 2. The summed E-state index contributed by atoms with van der Waals surface area (Å²) in [5.41, 5.74) is 5.04. The zero-order valence-corrected chi connectivity index (χ0v) is 18.8. The number of alkyl halides is 3. The van der Waals surface area contributed by atoms with Gasteiger partial charge >= 0.3 is 6.18 Å². The van der Waals surface area contributed by atoms with Gasteiger partial charge in [-0.25, -0.2) is 9.37 Å². The van der Waals surface area contributed by atoms with Crippen LogP contribution in [0.2, 0.25) is 10.0 Å². The van der Waals surface area contributed by atoms with Crippen molar-refractivity contribution in [1.82, 2.24) is 4.98 Å². The first-order valence-electron chi connectivity index (χ1n) is 9.40. The first-order chi connectivity index (χ1) is 15.9. The lowest BCUT2D eigenvalue weighted by molar-refractivity contribution is -0.153. The summed E-state index contributed by atoms with van der Waals surface area (Å²) in [5, 5.41) is -0.0872. The van der Waals surface area contributed by atoms with Crippen LogP contribution in [0, 0.1) is 5.82 Å². The predicted octanol–water partition coefficient (Wildman–Crippen LogP) is 5.51. The molecule has 0 aliphatic carbocycles. The molecule has 178 valence electrons. The van der Waals surface area contributed by atoms with Crippen LogP contribution in [-0.4, -0.2) is 36.6 Å². The van der Waals surface area contributed by atoms with Gasteiger partial charge in [0.05, 0.1) is 21.3 Å². The van der Waals surface area contributed by atoms with Crippen LogP contribution in [-0.2, 0) is 0 Å². The molecule has 2 N–H and O–H groups in total. The van der Waals surface area contributed by atoms with E-state index < -0.39 is 36.0 Å². The molecule has 0 aliphatic heterocycles. The van der Waals surface area contributed by atoms with E-state index in [1.165, 1.54) is 43.4 Å². The number of halogens is 6. The molecule has 3 aromatic rings. The Morgan fingerprint density at radius 3 is 2.44 bits per heavy atom. The number of anilines is 1. The van der Waals surface area contributed by atoms with Crippen molar-refractivity contribution < 1.29 is 31.9 Å². The molecule has 12 heteroatoms. The molecule has 3 rings (SSSR count). The highest BCUT2D eigenvalue weighted by Crippen LogP contribution is 2.37. The van der Waals surface area contributed by atoms with Crippen LogP contribution >= 0.6 is 23.2 Å². The zero-order chi connectivity index (χ0) is 25.2. The Balaban J connectivity index is 2.10. The molecule has 0 fully saturated rings. The van der Waals surface area contributed by atoms with Crippen LogP contribution < -0.4 is 15.4 Å². The van der Waals surface area contributed by atoms with Crippen LogP contribution in [0.4, 0.5) is 23.2 Å². The van der Waals surface area contributed by atoms with Crippen LogP contribution in [0.1, 0.15) is 20.8 Å². The molecule has 34 heavy (non-hydrogen) atoms. The molecule has 0 aliphatic rings. The molecule has 1 aromatic heterocycles. The van der Waals surface area contributed by atoms with Crippen LogP contribution in [0.25, 0.3) is 11.1 Å². The number of hydrogen-bond acceptors (Lipinski definition) is 4. The van der Waals surface area contributed by atoms with Gasteiger partial charge in [-0.15, -0.1) is 0 Å². The number of carbonyl (C=O) groups is 2. The molecule has 0 atom stereocenters. The fourth-order valence-corrected chi connectivity index (χ4v) is 3.46. The molecule has 0 unspecified atom stereocenters. The molecule has 0 saturated heterocycles. The minimum absolute atomic E-state index is 0.0853. The summed E-state index contributed by atoms with van der Waals surface area (Å²) in [6, 6.07) is 8.81. The number of amides is 2.